The molecule has 3 atom stereocenters. The lowest BCUT2D eigenvalue weighted by molar-refractivity contribution is 0.0994. The fourth-order valence-electron chi connectivity index (χ4n) is 3.64. The summed E-state index contributed by atoms with van der Waals surface area (Å²) in [6.45, 7) is 0.672. The van der Waals surface area contributed by atoms with Crippen molar-refractivity contribution in [2.75, 3.05) is 12.3 Å². The van der Waals surface area contributed by atoms with Gasteiger partial charge < -0.3 is 16.2 Å². The summed E-state index contributed by atoms with van der Waals surface area (Å²) in [4.78, 5) is 11.4. The normalized spacial score (nSPS) is 28.5. The molecule has 19 heavy (non-hydrogen) atoms. The van der Waals surface area contributed by atoms with E-state index in [0.29, 0.717) is 29.5 Å². The summed E-state index contributed by atoms with van der Waals surface area (Å²) in [6.07, 6.45) is 5.33. The Morgan fingerprint density at radius 2 is 2.16 bits per heavy atom. The van der Waals surface area contributed by atoms with Crippen molar-refractivity contribution in [3.8, 4) is 5.75 Å². The third-order valence-corrected chi connectivity index (χ3v) is 4.61. The van der Waals surface area contributed by atoms with Gasteiger partial charge in [0, 0.05) is 11.8 Å². The molecular weight excluding hydrogens is 240 g/mol. The molecular formula is C15H20N2O2. The molecule has 2 aliphatic carbocycles. The molecule has 2 bridgehead atoms. The molecule has 2 aliphatic rings. The lowest BCUT2D eigenvalue weighted by atomic mass is 9.89. The number of nitrogens with two attached hydrogens (primary N) is 2. The van der Waals surface area contributed by atoms with Gasteiger partial charge in [0.05, 0.1) is 12.2 Å². The first kappa shape index (κ1) is 12.3. The minimum Gasteiger partial charge on any atom is -0.492 e. The second kappa shape index (κ2) is 4.76. The van der Waals surface area contributed by atoms with E-state index in [1.807, 2.05) is 0 Å². The van der Waals surface area contributed by atoms with Crippen molar-refractivity contribution in [1.82, 2.24) is 0 Å². The average molecular weight is 260 g/mol. The first-order valence-electron chi connectivity index (χ1n) is 6.95. The highest BCUT2D eigenvalue weighted by Gasteiger charge is 2.39. The zero-order chi connectivity index (χ0) is 13.4. The van der Waals surface area contributed by atoms with E-state index in [1.165, 1.54) is 25.7 Å². The highest BCUT2D eigenvalue weighted by molar-refractivity contribution is 5.96. The number of hydrogen-bond acceptors (Lipinski definition) is 3. The molecule has 0 spiro atoms. The van der Waals surface area contributed by atoms with Crippen LogP contribution in [-0.4, -0.2) is 12.5 Å². The predicted octanol–water partition coefficient (Wildman–Crippen LogP) is 2.18. The average Bonchev–Trinajstić information content (AvgIpc) is 2.98. The van der Waals surface area contributed by atoms with Crippen molar-refractivity contribution in [3.05, 3.63) is 23.8 Å². The molecule has 1 amide bonds. The summed E-state index contributed by atoms with van der Waals surface area (Å²) < 4.78 is 5.84. The number of carbonyl (C=O) groups excluding carboxylic acids is 1. The molecule has 4 heteroatoms. The largest absolute Gasteiger partial charge is 0.492 e. The Labute approximate surface area is 113 Å². The summed E-state index contributed by atoms with van der Waals surface area (Å²) in [5.74, 6) is 2.39. The Kier molecular flexibility index (Phi) is 3.09. The SMILES string of the molecule is NC(=O)c1ccc(N)cc1OCC1CC2CCC1C2. The van der Waals surface area contributed by atoms with Crippen LogP contribution in [0.4, 0.5) is 5.69 Å². The summed E-state index contributed by atoms with van der Waals surface area (Å²) in [6, 6.07) is 4.99. The maximum atomic E-state index is 11.4. The van der Waals surface area contributed by atoms with Crippen LogP contribution in [0.3, 0.4) is 0 Å². The number of benzene rings is 1. The molecule has 1 aromatic rings. The Morgan fingerprint density at radius 3 is 2.79 bits per heavy atom. The summed E-state index contributed by atoms with van der Waals surface area (Å²) >= 11 is 0. The van der Waals surface area contributed by atoms with Gasteiger partial charge in [0.1, 0.15) is 5.75 Å². The number of ether oxygens (including phenoxy) is 1. The van der Waals surface area contributed by atoms with E-state index in [9.17, 15) is 4.79 Å². The van der Waals surface area contributed by atoms with Crippen LogP contribution in [0.5, 0.6) is 5.75 Å². The summed E-state index contributed by atoms with van der Waals surface area (Å²) in [5.41, 5.74) is 12.1. The smallest absolute Gasteiger partial charge is 0.252 e. The number of fused-ring (bicyclic) bond motifs is 2. The zero-order valence-electron chi connectivity index (χ0n) is 11.0. The zero-order valence-corrected chi connectivity index (χ0v) is 11.0. The highest BCUT2D eigenvalue weighted by atomic mass is 16.5. The van der Waals surface area contributed by atoms with Crippen molar-refractivity contribution in [2.45, 2.75) is 25.7 Å². The van der Waals surface area contributed by atoms with Crippen molar-refractivity contribution >= 4 is 11.6 Å². The molecule has 4 N–H and O–H groups in total. The molecule has 0 aliphatic heterocycles. The third kappa shape index (κ3) is 2.39. The van der Waals surface area contributed by atoms with Gasteiger partial charge >= 0.3 is 0 Å². The fourth-order valence-corrected chi connectivity index (χ4v) is 3.64. The van der Waals surface area contributed by atoms with Gasteiger partial charge in [0.25, 0.3) is 5.91 Å². The maximum absolute atomic E-state index is 11.4. The van der Waals surface area contributed by atoms with Gasteiger partial charge in [0.2, 0.25) is 0 Å². The monoisotopic (exact) mass is 260 g/mol. The number of primary amides is 1. The first-order chi connectivity index (χ1) is 9.13. The number of nitrogen functional groups attached to an aromatic ring is 1. The van der Waals surface area contributed by atoms with E-state index >= 15 is 0 Å². The minimum atomic E-state index is -0.469. The van der Waals surface area contributed by atoms with Gasteiger partial charge in [-0.3, -0.25) is 4.79 Å². The van der Waals surface area contributed by atoms with Crippen LogP contribution in [-0.2, 0) is 0 Å². The first-order valence-corrected chi connectivity index (χ1v) is 6.95. The Morgan fingerprint density at radius 1 is 1.32 bits per heavy atom. The minimum absolute atomic E-state index is 0.414. The molecule has 1 aromatic carbocycles. The molecule has 0 saturated heterocycles. The van der Waals surface area contributed by atoms with E-state index in [2.05, 4.69) is 0 Å². The molecule has 102 valence electrons. The van der Waals surface area contributed by atoms with Crippen LogP contribution >= 0.6 is 0 Å². The molecule has 0 heterocycles. The Hall–Kier alpha value is -1.71. The molecule has 0 aromatic heterocycles. The van der Waals surface area contributed by atoms with Gasteiger partial charge in [-0.1, -0.05) is 6.42 Å². The Bertz CT molecular complexity index is 501. The number of hydrogen-bond donors (Lipinski definition) is 2. The number of anilines is 1. The van der Waals surface area contributed by atoms with Gasteiger partial charge in [0.15, 0.2) is 0 Å². The van der Waals surface area contributed by atoms with E-state index in [4.69, 9.17) is 16.2 Å². The quantitative estimate of drug-likeness (QED) is 0.814. The highest BCUT2D eigenvalue weighted by Crippen LogP contribution is 2.48. The summed E-state index contributed by atoms with van der Waals surface area (Å²) in [7, 11) is 0. The van der Waals surface area contributed by atoms with Crippen molar-refractivity contribution in [1.29, 1.82) is 0 Å². The van der Waals surface area contributed by atoms with E-state index in [0.717, 1.165) is 11.8 Å². The van der Waals surface area contributed by atoms with Crippen LogP contribution < -0.4 is 16.2 Å². The summed E-state index contributed by atoms with van der Waals surface area (Å²) in [5, 5.41) is 0. The standard InChI is InChI=1S/C15H20N2O2/c16-12-3-4-13(15(17)18)14(7-12)19-8-11-6-9-1-2-10(11)5-9/h3-4,7,9-11H,1-2,5-6,8,16H2,(H2,17,18). The van der Waals surface area contributed by atoms with Gasteiger partial charge in [-0.2, -0.15) is 0 Å². The van der Waals surface area contributed by atoms with E-state index < -0.39 is 5.91 Å². The van der Waals surface area contributed by atoms with E-state index in [1.54, 1.807) is 18.2 Å². The van der Waals surface area contributed by atoms with E-state index in [-0.39, 0.29) is 0 Å². The topological polar surface area (TPSA) is 78.3 Å². The van der Waals surface area contributed by atoms with Crippen molar-refractivity contribution in [2.24, 2.45) is 23.5 Å². The van der Waals surface area contributed by atoms with Crippen LogP contribution in [0.15, 0.2) is 18.2 Å². The third-order valence-electron chi connectivity index (χ3n) is 4.61. The fraction of sp³-hybridized carbons (Fsp3) is 0.533. The second-order valence-corrected chi connectivity index (χ2v) is 5.87. The van der Waals surface area contributed by atoms with Crippen molar-refractivity contribution in [3.63, 3.8) is 0 Å². The number of carbonyl (C=O) groups is 1. The molecule has 0 radical (unpaired) electrons. The second-order valence-electron chi connectivity index (χ2n) is 5.87. The lowest BCUT2D eigenvalue weighted by Crippen LogP contribution is -2.20. The van der Waals surface area contributed by atoms with Gasteiger partial charge in [-0.05, 0) is 49.1 Å². The molecule has 4 nitrogen and oxygen atoms in total. The van der Waals surface area contributed by atoms with Crippen LogP contribution in [0, 0.1) is 17.8 Å². The number of amides is 1. The van der Waals surface area contributed by atoms with Crippen LogP contribution in [0.2, 0.25) is 0 Å². The molecule has 2 fully saturated rings. The Balaban J connectivity index is 1.69. The number of rotatable bonds is 4. The molecule has 2 saturated carbocycles. The van der Waals surface area contributed by atoms with Crippen molar-refractivity contribution < 1.29 is 9.53 Å². The van der Waals surface area contributed by atoms with Gasteiger partial charge in [-0.15, -0.1) is 0 Å². The maximum Gasteiger partial charge on any atom is 0.252 e. The molecule has 3 unspecified atom stereocenters. The molecule has 3 rings (SSSR count). The lowest BCUT2D eigenvalue weighted by Gasteiger charge is -2.22. The van der Waals surface area contributed by atoms with Gasteiger partial charge in [-0.25, -0.2) is 0 Å². The predicted molar refractivity (Wildman–Crippen MR) is 73.8 cm³/mol. The van der Waals surface area contributed by atoms with Crippen LogP contribution in [0.25, 0.3) is 0 Å². The van der Waals surface area contributed by atoms with Crippen LogP contribution in [0.1, 0.15) is 36.0 Å².